The van der Waals surface area contributed by atoms with Gasteiger partial charge in [-0.2, -0.15) is 11.8 Å². The minimum Gasteiger partial charge on any atom is -0.382 e. The summed E-state index contributed by atoms with van der Waals surface area (Å²) in [6.45, 7) is 2.19. The van der Waals surface area contributed by atoms with Gasteiger partial charge >= 0.3 is 0 Å². The summed E-state index contributed by atoms with van der Waals surface area (Å²) in [6, 6.07) is 6.47. The van der Waals surface area contributed by atoms with Crippen LogP contribution in [0.3, 0.4) is 0 Å². The van der Waals surface area contributed by atoms with Gasteiger partial charge in [-0.05, 0) is 63.4 Å². The van der Waals surface area contributed by atoms with Crippen molar-refractivity contribution in [1.29, 1.82) is 0 Å². The Labute approximate surface area is 153 Å². The van der Waals surface area contributed by atoms with Crippen LogP contribution in [0.15, 0.2) is 23.0 Å². The molecule has 1 saturated carbocycles. The normalized spacial score (nSPS) is 18.6. The molecule has 0 radical (unpaired) electrons. The Balaban J connectivity index is 0.00000182. The van der Waals surface area contributed by atoms with E-state index in [1.807, 2.05) is 30.0 Å². The zero-order chi connectivity index (χ0) is 16.4. The van der Waals surface area contributed by atoms with Gasteiger partial charge in [-0.15, -0.1) is 0 Å². The Bertz CT molecular complexity index is 766. The maximum atomic E-state index is 12.3. The van der Waals surface area contributed by atoms with E-state index in [1.54, 1.807) is 0 Å². The number of hydrogen-bond acceptors (Lipinski definition) is 5. The minimum absolute atomic E-state index is 0. The molecule has 2 heterocycles. The van der Waals surface area contributed by atoms with E-state index in [9.17, 15) is 4.79 Å². The molecule has 3 N–H and O–H groups in total. The summed E-state index contributed by atoms with van der Waals surface area (Å²) >= 11 is 1.91. The molecular weight excluding hydrogens is 332 g/mol. The lowest BCUT2D eigenvalue weighted by atomic mass is 9.93. The van der Waals surface area contributed by atoms with E-state index in [1.165, 1.54) is 32.1 Å². The van der Waals surface area contributed by atoms with E-state index in [4.69, 9.17) is 4.98 Å². The number of nitrogens with one attached hydrogen (secondary N) is 3. The summed E-state index contributed by atoms with van der Waals surface area (Å²) < 4.78 is 0. The van der Waals surface area contributed by atoms with Gasteiger partial charge in [-0.3, -0.25) is 4.79 Å². The molecule has 25 heavy (non-hydrogen) atoms. The van der Waals surface area contributed by atoms with Crippen LogP contribution in [0.25, 0.3) is 10.9 Å². The lowest BCUT2D eigenvalue weighted by molar-refractivity contribution is 0.445. The zero-order valence-corrected chi connectivity index (χ0v) is 14.6. The Morgan fingerprint density at radius 2 is 2.00 bits per heavy atom. The molecule has 0 spiro atoms. The second-order valence-electron chi connectivity index (χ2n) is 6.78. The van der Waals surface area contributed by atoms with Crippen LogP contribution in [0.2, 0.25) is 0 Å². The largest absolute Gasteiger partial charge is 0.382 e. The average molecular weight is 361 g/mol. The van der Waals surface area contributed by atoms with E-state index in [-0.39, 0.29) is 13.0 Å². The highest BCUT2D eigenvalue weighted by atomic mass is 32.2. The Morgan fingerprint density at radius 3 is 2.72 bits per heavy atom. The zero-order valence-electron chi connectivity index (χ0n) is 13.8. The summed E-state index contributed by atoms with van der Waals surface area (Å²) in [5.74, 6) is 1.56. The van der Waals surface area contributed by atoms with Crippen LogP contribution in [-0.2, 0) is 5.75 Å². The fourth-order valence-corrected chi connectivity index (χ4v) is 4.39. The van der Waals surface area contributed by atoms with Gasteiger partial charge in [0.25, 0.3) is 5.56 Å². The van der Waals surface area contributed by atoms with Gasteiger partial charge in [-0.25, -0.2) is 4.98 Å². The summed E-state index contributed by atoms with van der Waals surface area (Å²) in [5.41, 5.74) is 1.84. The highest BCUT2D eigenvalue weighted by Crippen LogP contribution is 2.25. The summed E-state index contributed by atoms with van der Waals surface area (Å²) in [6.07, 6.45) is 6.16. The number of thioether (sulfide) groups is 1. The second-order valence-corrected chi connectivity index (χ2v) is 8.07. The molecule has 4 rings (SSSR count). The Kier molecular flexibility index (Phi) is 6.02. The van der Waals surface area contributed by atoms with E-state index >= 15 is 0 Å². The van der Waals surface area contributed by atoms with Crippen LogP contribution in [0.5, 0.6) is 0 Å². The summed E-state index contributed by atoms with van der Waals surface area (Å²) in [4.78, 5) is 20.0. The third-order valence-corrected chi connectivity index (χ3v) is 6.36. The third-order valence-electron chi connectivity index (χ3n) is 4.97. The number of fused-ring (bicyclic) bond motifs is 1. The molecule has 5 nitrogen and oxygen atoms in total. The fraction of sp³-hybridized carbons (Fsp3) is 0.579. The van der Waals surface area contributed by atoms with Crippen molar-refractivity contribution in [3.05, 3.63) is 34.4 Å². The van der Waals surface area contributed by atoms with Gasteiger partial charge in [0.05, 0.1) is 16.7 Å². The predicted octanol–water partition coefficient (Wildman–Crippen LogP) is 3.51. The number of rotatable bonds is 5. The molecule has 0 amide bonds. The molecule has 0 bridgehead atoms. The van der Waals surface area contributed by atoms with E-state index in [0.29, 0.717) is 16.7 Å². The number of piperidine rings is 1. The first kappa shape index (κ1) is 18.3. The quantitative estimate of drug-likeness (QED) is 0.761. The Morgan fingerprint density at radius 1 is 1.20 bits per heavy atom. The molecule has 2 fully saturated rings. The van der Waals surface area contributed by atoms with Crippen molar-refractivity contribution >= 4 is 28.4 Å². The first-order valence-corrected chi connectivity index (χ1v) is 9.94. The fourth-order valence-electron chi connectivity index (χ4n) is 3.29. The van der Waals surface area contributed by atoms with Gasteiger partial charge in [0.1, 0.15) is 5.82 Å². The maximum absolute atomic E-state index is 12.3. The van der Waals surface area contributed by atoms with Crippen molar-refractivity contribution in [3.8, 4) is 0 Å². The van der Waals surface area contributed by atoms with Crippen LogP contribution in [0.4, 0.5) is 5.69 Å². The predicted molar refractivity (Wildman–Crippen MR) is 108 cm³/mol. The van der Waals surface area contributed by atoms with Crippen molar-refractivity contribution in [2.45, 2.75) is 56.6 Å². The van der Waals surface area contributed by atoms with Crippen molar-refractivity contribution in [2.75, 3.05) is 18.4 Å². The number of H-pyrrole nitrogens is 1. The van der Waals surface area contributed by atoms with Crippen LogP contribution >= 0.6 is 11.8 Å². The molecule has 1 aromatic carbocycles. The van der Waals surface area contributed by atoms with Crippen molar-refractivity contribution in [3.63, 3.8) is 0 Å². The maximum Gasteiger partial charge on any atom is 0.258 e. The molecule has 1 saturated heterocycles. The number of aromatic nitrogens is 2. The van der Waals surface area contributed by atoms with Gasteiger partial charge in [0.15, 0.2) is 0 Å². The van der Waals surface area contributed by atoms with Gasteiger partial charge in [0.2, 0.25) is 0 Å². The summed E-state index contributed by atoms with van der Waals surface area (Å²) in [5, 5.41) is 8.25. The smallest absolute Gasteiger partial charge is 0.258 e. The molecule has 0 unspecified atom stereocenters. The standard InChI is InChI=1S/C18H24N4OS.CH4/c23-18-15-5-4-13(20-12-2-1-3-12)10-16(15)21-17(22-18)11-24-14-6-8-19-9-7-14;/h4-5,10,12,14,19-20H,1-3,6-9,11H2,(H,21,22,23);1H4. The number of anilines is 1. The number of benzene rings is 1. The van der Waals surface area contributed by atoms with Crippen molar-refractivity contribution in [2.24, 2.45) is 0 Å². The number of nitrogens with zero attached hydrogens (tertiary/aromatic N) is 1. The molecule has 1 aliphatic carbocycles. The van der Waals surface area contributed by atoms with E-state index in [2.05, 4.69) is 15.6 Å². The first-order valence-electron chi connectivity index (χ1n) is 8.90. The van der Waals surface area contributed by atoms with Crippen LogP contribution in [0, 0.1) is 0 Å². The molecule has 6 heteroatoms. The average Bonchev–Trinajstić information content (AvgIpc) is 2.57. The van der Waals surface area contributed by atoms with Crippen LogP contribution in [-0.4, -0.2) is 34.3 Å². The van der Waals surface area contributed by atoms with Crippen molar-refractivity contribution < 1.29 is 0 Å². The van der Waals surface area contributed by atoms with Gasteiger partial charge in [0, 0.05) is 17.0 Å². The molecule has 2 aromatic rings. The van der Waals surface area contributed by atoms with Crippen molar-refractivity contribution in [1.82, 2.24) is 15.3 Å². The van der Waals surface area contributed by atoms with Gasteiger partial charge in [-0.1, -0.05) is 7.43 Å². The molecule has 2 aliphatic rings. The lowest BCUT2D eigenvalue weighted by Crippen LogP contribution is -2.29. The monoisotopic (exact) mass is 360 g/mol. The Hall–Kier alpha value is -1.53. The SMILES string of the molecule is C.O=c1[nH]c(CSC2CCNCC2)nc2cc(NC3CCC3)ccc12. The topological polar surface area (TPSA) is 69.8 Å². The highest BCUT2D eigenvalue weighted by molar-refractivity contribution is 7.99. The number of aromatic amines is 1. The lowest BCUT2D eigenvalue weighted by Gasteiger charge is -2.27. The van der Waals surface area contributed by atoms with Crippen LogP contribution < -0.4 is 16.2 Å². The molecule has 136 valence electrons. The molecule has 1 aromatic heterocycles. The third kappa shape index (κ3) is 4.36. The molecular formula is C19H28N4OS. The summed E-state index contributed by atoms with van der Waals surface area (Å²) in [7, 11) is 0. The highest BCUT2D eigenvalue weighted by Gasteiger charge is 2.17. The number of hydrogen-bond donors (Lipinski definition) is 3. The van der Waals surface area contributed by atoms with Crippen LogP contribution in [0.1, 0.15) is 45.4 Å². The van der Waals surface area contributed by atoms with E-state index < -0.39 is 0 Å². The van der Waals surface area contributed by atoms with E-state index in [0.717, 1.165) is 35.9 Å². The van der Waals surface area contributed by atoms with Gasteiger partial charge < -0.3 is 15.6 Å². The molecule has 0 atom stereocenters. The first-order chi connectivity index (χ1) is 11.8. The molecule has 1 aliphatic heterocycles. The minimum atomic E-state index is -0.0314. The second kappa shape index (κ2) is 8.23.